The zero-order valence-corrected chi connectivity index (χ0v) is 18.7. The summed E-state index contributed by atoms with van der Waals surface area (Å²) in [5, 5.41) is 33.1. The van der Waals surface area contributed by atoms with Crippen LogP contribution in [0.3, 0.4) is 0 Å². The van der Waals surface area contributed by atoms with Crippen LogP contribution in [0.4, 0.5) is 28.4 Å². The van der Waals surface area contributed by atoms with Crippen LogP contribution < -0.4 is 10.6 Å². The van der Waals surface area contributed by atoms with Crippen molar-refractivity contribution in [3.05, 3.63) is 89.0 Å². The maximum atomic E-state index is 11.7. The minimum atomic E-state index is -0.355. The molecule has 0 saturated carbocycles. The number of non-ortho nitro benzene ring substituents is 1. The molecular formula is C27H21N5O2. The lowest BCUT2D eigenvalue weighted by Gasteiger charge is -2.36. The number of nitrogens with zero attached hydrogens (tertiary/aromatic N) is 3. The second-order valence-corrected chi connectivity index (χ2v) is 9.04. The second-order valence-electron chi connectivity index (χ2n) is 9.04. The van der Waals surface area contributed by atoms with E-state index in [-0.39, 0.29) is 16.3 Å². The van der Waals surface area contributed by atoms with Crippen LogP contribution >= 0.6 is 0 Å². The number of nitrogens with one attached hydrogen (secondary N) is 2. The van der Waals surface area contributed by atoms with Crippen molar-refractivity contribution in [3.8, 4) is 0 Å². The van der Waals surface area contributed by atoms with Gasteiger partial charge < -0.3 is 10.6 Å². The molecule has 0 fully saturated rings. The topological polar surface area (TPSA) is 91.9 Å². The summed E-state index contributed by atoms with van der Waals surface area (Å²) in [5.41, 5.74) is 3.20. The van der Waals surface area contributed by atoms with Crippen LogP contribution in [-0.2, 0) is 0 Å². The molecule has 7 heteroatoms. The van der Waals surface area contributed by atoms with Gasteiger partial charge in [-0.15, -0.1) is 10.2 Å². The molecule has 0 radical (unpaired) electrons. The second kappa shape index (κ2) is 7.25. The number of hydrogen-bond donors (Lipinski definition) is 2. The molecular weight excluding hydrogens is 426 g/mol. The largest absolute Gasteiger partial charge is 0.363 e. The molecule has 1 aliphatic rings. The lowest BCUT2D eigenvalue weighted by molar-refractivity contribution is -0.383. The van der Waals surface area contributed by atoms with E-state index in [0.29, 0.717) is 16.5 Å². The molecule has 1 aliphatic heterocycles. The maximum absolute atomic E-state index is 11.7. The van der Waals surface area contributed by atoms with E-state index in [0.717, 1.165) is 38.6 Å². The zero-order valence-electron chi connectivity index (χ0n) is 18.7. The van der Waals surface area contributed by atoms with E-state index < -0.39 is 0 Å². The summed E-state index contributed by atoms with van der Waals surface area (Å²) in [5.74, 6) is 0. The van der Waals surface area contributed by atoms with Gasteiger partial charge in [0.05, 0.1) is 21.7 Å². The lowest BCUT2D eigenvalue weighted by atomic mass is 10.00. The number of hydrogen-bond acceptors (Lipinski definition) is 6. The van der Waals surface area contributed by atoms with Gasteiger partial charge in [-0.1, -0.05) is 36.4 Å². The molecule has 0 aliphatic carbocycles. The van der Waals surface area contributed by atoms with Crippen molar-refractivity contribution >= 4 is 60.8 Å². The first-order valence-corrected chi connectivity index (χ1v) is 11.0. The van der Waals surface area contributed by atoms with Crippen LogP contribution in [0, 0.1) is 10.1 Å². The molecule has 5 aromatic carbocycles. The summed E-state index contributed by atoms with van der Waals surface area (Å²) in [7, 11) is 0. The molecule has 0 aromatic heterocycles. The Labute approximate surface area is 195 Å². The molecule has 34 heavy (non-hydrogen) atoms. The number of anilines is 2. The molecule has 6 rings (SSSR count). The molecule has 7 nitrogen and oxygen atoms in total. The van der Waals surface area contributed by atoms with Gasteiger partial charge in [-0.25, -0.2) is 0 Å². The third-order valence-corrected chi connectivity index (χ3v) is 6.21. The van der Waals surface area contributed by atoms with Crippen molar-refractivity contribution in [2.45, 2.75) is 19.5 Å². The first kappa shape index (κ1) is 20.1. The van der Waals surface area contributed by atoms with E-state index in [1.807, 2.05) is 60.7 Å². The van der Waals surface area contributed by atoms with E-state index >= 15 is 0 Å². The monoisotopic (exact) mass is 447 g/mol. The van der Waals surface area contributed by atoms with Crippen LogP contribution in [0.5, 0.6) is 0 Å². The number of rotatable bonds is 3. The molecule has 0 amide bonds. The summed E-state index contributed by atoms with van der Waals surface area (Å²) < 4.78 is 0. The Kier molecular flexibility index (Phi) is 4.29. The molecule has 166 valence electrons. The summed E-state index contributed by atoms with van der Waals surface area (Å²) >= 11 is 0. The Balaban J connectivity index is 1.52. The molecule has 0 spiro atoms. The van der Waals surface area contributed by atoms with Crippen LogP contribution in [0.25, 0.3) is 32.3 Å². The van der Waals surface area contributed by atoms with E-state index in [4.69, 9.17) is 0 Å². The third kappa shape index (κ3) is 3.21. The number of azo groups is 1. The zero-order chi connectivity index (χ0) is 23.4. The van der Waals surface area contributed by atoms with Gasteiger partial charge >= 0.3 is 0 Å². The van der Waals surface area contributed by atoms with Crippen LogP contribution in [0.2, 0.25) is 0 Å². The molecule has 5 aromatic rings. The van der Waals surface area contributed by atoms with Crippen LogP contribution in [0.15, 0.2) is 89.1 Å². The van der Waals surface area contributed by atoms with Crippen LogP contribution in [0.1, 0.15) is 13.8 Å². The summed E-state index contributed by atoms with van der Waals surface area (Å²) in [6.07, 6.45) is 0. The minimum absolute atomic E-state index is 0.0565. The van der Waals surface area contributed by atoms with Crippen molar-refractivity contribution in [2.75, 3.05) is 10.6 Å². The molecule has 1 heterocycles. The van der Waals surface area contributed by atoms with Gasteiger partial charge in [0.15, 0.2) is 0 Å². The smallest absolute Gasteiger partial charge is 0.277 e. The number of nitro groups is 1. The molecule has 0 atom stereocenters. The van der Waals surface area contributed by atoms with Gasteiger partial charge in [-0.2, -0.15) is 0 Å². The highest BCUT2D eigenvalue weighted by Gasteiger charge is 2.25. The van der Waals surface area contributed by atoms with Crippen molar-refractivity contribution in [1.82, 2.24) is 0 Å². The highest BCUT2D eigenvalue weighted by Crippen LogP contribution is 2.42. The van der Waals surface area contributed by atoms with Crippen molar-refractivity contribution < 1.29 is 4.92 Å². The quantitative estimate of drug-likeness (QED) is 0.127. The summed E-state index contributed by atoms with van der Waals surface area (Å²) in [6, 6.07) is 24.8. The van der Waals surface area contributed by atoms with E-state index in [9.17, 15) is 10.1 Å². The Morgan fingerprint density at radius 1 is 0.735 bits per heavy atom. The highest BCUT2D eigenvalue weighted by molar-refractivity contribution is 6.10. The van der Waals surface area contributed by atoms with E-state index in [2.05, 4.69) is 40.8 Å². The first-order chi connectivity index (χ1) is 16.4. The third-order valence-electron chi connectivity index (χ3n) is 6.21. The van der Waals surface area contributed by atoms with Crippen molar-refractivity contribution in [1.29, 1.82) is 0 Å². The standard InChI is InChI=1S/C27H21N5O2/c1-27(2)28-23-9-5-8-18-21(10-11-24(29-27)26(18)23)30-31-22-12-13-25(32(33)34)20-15-17-7-4-3-6-16(17)14-19(20)22/h3-15,28-29H,1-2H3. The number of benzene rings is 5. The van der Waals surface area contributed by atoms with Crippen molar-refractivity contribution in [2.24, 2.45) is 10.2 Å². The van der Waals surface area contributed by atoms with E-state index in [1.54, 1.807) is 6.07 Å². The van der Waals surface area contributed by atoms with Gasteiger partial charge in [0, 0.05) is 33.6 Å². The summed E-state index contributed by atoms with van der Waals surface area (Å²) in [6.45, 7) is 4.18. The first-order valence-electron chi connectivity index (χ1n) is 11.0. The van der Waals surface area contributed by atoms with Crippen LogP contribution in [-0.4, -0.2) is 10.6 Å². The maximum Gasteiger partial charge on any atom is 0.277 e. The van der Waals surface area contributed by atoms with Crippen molar-refractivity contribution in [3.63, 3.8) is 0 Å². The average Bonchev–Trinajstić information content (AvgIpc) is 2.81. The van der Waals surface area contributed by atoms with Gasteiger partial charge in [-0.3, -0.25) is 10.1 Å². The predicted molar refractivity (Wildman–Crippen MR) is 138 cm³/mol. The Morgan fingerprint density at radius 2 is 1.35 bits per heavy atom. The Hall–Kier alpha value is -4.52. The highest BCUT2D eigenvalue weighted by atomic mass is 16.6. The molecule has 0 bridgehead atoms. The van der Waals surface area contributed by atoms with Gasteiger partial charge in [0.2, 0.25) is 0 Å². The lowest BCUT2D eigenvalue weighted by Crippen LogP contribution is -2.41. The average molecular weight is 447 g/mol. The summed E-state index contributed by atoms with van der Waals surface area (Å²) in [4.78, 5) is 11.3. The fraction of sp³-hybridized carbons (Fsp3) is 0.111. The van der Waals surface area contributed by atoms with Gasteiger partial charge in [0.1, 0.15) is 5.66 Å². The predicted octanol–water partition coefficient (Wildman–Crippen LogP) is 8.04. The molecule has 0 saturated heterocycles. The minimum Gasteiger partial charge on any atom is -0.363 e. The number of fused-ring (bicyclic) bond motifs is 2. The fourth-order valence-electron chi connectivity index (χ4n) is 4.75. The Bertz CT molecular complexity index is 1660. The Morgan fingerprint density at radius 3 is 2.06 bits per heavy atom. The normalized spacial score (nSPS) is 14.4. The van der Waals surface area contributed by atoms with Gasteiger partial charge in [0.25, 0.3) is 5.69 Å². The van der Waals surface area contributed by atoms with Gasteiger partial charge in [-0.05, 0) is 61.0 Å². The number of nitro benzene ring substituents is 1. The van der Waals surface area contributed by atoms with E-state index in [1.165, 1.54) is 6.07 Å². The fourth-order valence-corrected chi connectivity index (χ4v) is 4.75. The molecule has 0 unspecified atom stereocenters. The SMILES string of the molecule is CC1(C)Nc2cccc3c(N=Nc4ccc([N+](=O)[O-])c5cc6ccccc6cc45)ccc(c23)N1. The molecule has 2 N–H and O–H groups in total.